The van der Waals surface area contributed by atoms with Crippen molar-refractivity contribution in [1.82, 2.24) is 4.90 Å². The molecule has 0 heterocycles. The van der Waals surface area contributed by atoms with Gasteiger partial charge in [0.15, 0.2) is 0 Å². The molecule has 0 aliphatic heterocycles. The van der Waals surface area contributed by atoms with Gasteiger partial charge < -0.3 is 4.90 Å². The van der Waals surface area contributed by atoms with Crippen molar-refractivity contribution in [3.05, 3.63) is 0 Å². The van der Waals surface area contributed by atoms with Crippen LogP contribution in [-0.2, 0) is 4.79 Å². The average molecular weight is 223 g/mol. The van der Waals surface area contributed by atoms with E-state index >= 15 is 0 Å². The van der Waals surface area contributed by atoms with E-state index in [0.717, 1.165) is 18.8 Å². The Balaban J connectivity index is 1.86. The van der Waals surface area contributed by atoms with Crippen molar-refractivity contribution < 1.29 is 4.79 Å². The number of amides is 1. The maximum atomic E-state index is 12.3. The molecule has 0 aromatic carbocycles. The van der Waals surface area contributed by atoms with E-state index in [4.69, 9.17) is 0 Å². The topological polar surface area (TPSA) is 20.3 Å². The van der Waals surface area contributed by atoms with E-state index in [0.29, 0.717) is 17.9 Å². The molecule has 92 valence electrons. The molecule has 0 spiro atoms. The van der Waals surface area contributed by atoms with E-state index < -0.39 is 0 Å². The minimum Gasteiger partial charge on any atom is -0.343 e. The minimum atomic E-state index is 0.351. The van der Waals surface area contributed by atoms with Crippen LogP contribution in [0.3, 0.4) is 0 Å². The fourth-order valence-corrected chi connectivity index (χ4v) is 3.27. The Kier molecular flexibility index (Phi) is 3.88. The third-order valence-electron chi connectivity index (χ3n) is 4.59. The maximum absolute atomic E-state index is 12.3. The van der Waals surface area contributed by atoms with Crippen molar-refractivity contribution in [2.24, 2.45) is 11.8 Å². The zero-order valence-electron chi connectivity index (χ0n) is 10.7. The van der Waals surface area contributed by atoms with Crippen LogP contribution in [0.15, 0.2) is 0 Å². The lowest BCUT2D eigenvalue weighted by Gasteiger charge is -2.35. The van der Waals surface area contributed by atoms with Gasteiger partial charge in [0.2, 0.25) is 5.91 Å². The summed E-state index contributed by atoms with van der Waals surface area (Å²) in [6.07, 6.45) is 9.81. The molecule has 2 aliphatic carbocycles. The van der Waals surface area contributed by atoms with Gasteiger partial charge in [-0.2, -0.15) is 0 Å². The summed E-state index contributed by atoms with van der Waals surface area (Å²) in [6.45, 7) is 2.33. The van der Waals surface area contributed by atoms with Crippen molar-refractivity contribution in [3.63, 3.8) is 0 Å². The van der Waals surface area contributed by atoms with Gasteiger partial charge in [-0.15, -0.1) is 0 Å². The Morgan fingerprint density at radius 1 is 1.00 bits per heavy atom. The van der Waals surface area contributed by atoms with Gasteiger partial charge >= 0.3 is 0 Å². The summed E-state index contributed by atoms with van der Waals surface area (Å²) in [6, 6.07) is 0.532. The van der Waals surface area contributed by atoms with Crippen LogP contribution >= 0.6 is 0 Å². The largest absolute Gasteiger partial charge is 0.343 e. The molecular weight excluding hydrogens is 198 g/mol. The molecule has 0 atom stereocenters. The minimum absolute atomic E-state index is 0.351. The standard InChI is InChI=1S/C14H25NO/c1-11-7-9-13(10-8-11)15(2)14(16)12-5-3-4-6-12/h11-13H,3-10H2,1-2H3. The van der Waals surface area contributed by atoms with Gasteiger partial charge in [0.25, 0.3) is 0 Å². The van der Waals surface area contributed by atoms with Crippen LogP contribution in [0, 0.1) is 11.8 Å². The highest BCUT2D eigenvalue weighted by Gasteiger charge is 2.30. The molecule has 0 N–H and O–H groups in total. The molecule has 2 rings (SSSR count). The first-order valence-corrected chi connectivity index (χ1v) is 6.95. The highest BCUT2D eigenvalue weighted by atomic mass is 16.2. The molecule has 2 aliphatic rings. The summed E-state index contributed by atoms with van der Waals surface area (Å²) in [5.41, 5.74) is 0. The quantitative estimate of drug-likeness (QED) is 0.704. The fraction of sp³-hybridized carbons (Fsp3) is 0.929. The molecule has 0 radical (unpaired) electrons. The Morgan fingerprint density at radius 2 is 1.56 bits per heavy atom. The summed E-state index contributed by atoms with van der Waals surface area (Å²) >= 11 is 0. The first kappa shape index (κ1) is 11.9. The number of hydrogen-bond acceptors (Lipinski definition) is 1. The third kappa shape index (κ3) is 2.58. The van der Waals surface area contributed by atoms with Crippen molar-refractivity contribution in [3.8, 4) is 0 Å². The predicted octanol–water partition coefficient (Wildman–Crippen LogP) is 3.21. The van der Waals surface area contributed by atoms with Crippen LogP contribution in [-0.4, -0.2) is 23.9 Å². The normalized spacial score (nSPS) is 31.6. The van der Waals surface area contributed by atoms with Gasteiger partial charge in [-0.05, 0) is 44.4 Å². The summed E-state index contributed by atoms with van der Waals surface area (Å²) < 4.78 is 0. The van der Waals surface area contributed by atoms with Crippen molar-refractivity contribution >= 4 is 5.91 Å². The molecule has 0 saturated heterocycles. The monoisotopic (exact) mass is 223 g/mol. The highest BCUT2D eigenvalue weighted by Crippen LogP contribution is 2.30. The van der Waals surface area contributed by atoms with Crippen LogP contribution in [0.2, 0.25) is 0 Å². The van der Waals surface area contributed by atoms with Crippen LogP contribution in [0.5, 0.6) is 0 Å². The van der Waals surface area contributed by atoms with Gasteiger partial charge in [-0.1, -0.05) is 19.8 Å². The molecule has 0 aromatic heterocycles. The zero-order valence-corrected chi connectivity index (χ0v) is 10.7. The second-order valence-corrected chi connectivity index (χ2v) is 5.84. The first-order valence-electron chi connectivity index (χ1n) is 6.95. The summed E-state index contributed by atoms with van der Waals surface area (Å²) in [7, 11) is 2.03. The van der Waals surface area contributed by atoms with E-state index in [9.17, 15) is 4.79 Å². The fourth-order valence-electron chi connectivity index (χ4n) is 3.27. The highest BCUT2D eigenvalue weighted by molar-refractivity contribution is 5.79. The van der Waals surface area contributed by atoms with Crippen molar-refractivity contribution in [1.29, 1.82) is 0 Å². The molecule has 16 heavy (non-hydrogen) atoms. The first-order chi connectivity index (χ1) is 7.68. The Hall–Kier alpha value is -0.530. The van der Waals surface area contributed by atoms with Crippen molar-refractivity contribution in [2.75, 3.05) is 7.05 Å². The lowest BCUT2D eigenvalue weighted by Crippen LogP contribution is -2.41. The zero-order chi connectivity index (χ0) is 11.5. The molecule has 2 saturated carbocycles. The lowest BCUT2D eigenvalue weighted by molar-refractivity contribution is -0.136. The van der Waals surface area contributed by atoms with Gasteiger partial charge in [-0.3, -0.25) is 4.79 Å². The molecule has 2 fully saturated rings. The van der Waals surface area contributed by atoms with E-state index in [1.165, 1.54) is 38.5 Å². The lowest BCUT2D eigenvalue weighted by atomic mass is 9.86. The number of nitrogens with zero attached hydrogens (tertiary/aromatic N) is 1. The van der Waals surface area contributed by atoms with Gasteiger partial charge in [-0.25, -0.2) is 0 Å². The second kappa shape index (κ2) is 5.20. The van der Waals surface area contributed by atoms with E-state index in [1.54, 1.807) is 0 Å². The van der Waals surface area contributed by atoms with Crippen LogP contribution in [0.4, 0.5) is 0 Å². The third-order valence-corrected chi connectivity index (χ3v) is 4.59. The number of rotatable bonds is 2. The Morgan fingerprint density at radius 3 is 2.12 bits per heavy atom. The Bertz CT molecular complexity index is 237. The predicted molar refractivity (Wildman–Crippen MR) is 66.1 cm³/mol. The van der Waals surface area contributed by atoms with Crippen LogP contribution in [0.25, 0.3) is 0 Å². The Labute approximate surface area is 99.4 Å². The molecule has 1 amide bonds. The maximum Gasteiger partial charge on any atom is 0.225 e. The molecule has 0 unspecified atom stereocenters. The van der Waals surface area contributed by atoms with Crippen LogP contribution in [0.1, 0.15) is 58.3 Å². The van der Waals surface area contributed by atoms with Crippen molar-refractivity contribution in [2.45, 2.75) is 64.3 Å². The smallest absolute Gasteiger partial charge is 0.225 e. The summed E-state index contributed by atoms with van der Waals surface area (Å²) in [4.78, 5) is 14.3. The van der Waals surface area contributed by atoms with Crippen LogP contribution < -0.4 is 0 Å². The SMILES string of the molecule is CC1CCC(N(C)C(=O)C2CCCC2)CC1. The van der Waals surface area contributed by atoms with E-state index in [-0.39, 0.29) is 0 Å². The number of carbonyl (C=O) groups excluding carboxylic acids is 1. The van der Waals surface area contributed by atoms with Gasteiger partial charge in [0.1, 0.15) is 0 Å². The molecular formula is C14H25NO. The molecule has 0 bridgehead atoms. The molecule has 0 aromatic rings. The van der Waals surface area contributed by atoms with E-state index in [1.807, 2.05) is 7.05 Å². The van der Waals surface area contributed by atoms with Gasteiger partial charge in [0.05, 0.1) is 0 Å². The molecule has 2 heteroatoms. The average Bonchev–Trinajstić information content (AvgIpc) is 2.81. The summed E-state index contributed by atoms with van der Waals surface area (Å²) in [5.74, 6) is 1.65. The van der Waals surface area contributed by atoms with Gasteiger partial charge in [0, 0.05) is 19.0 Å². The second-order valence-electron chi connectivity index (χ2n) is 5.84. The van der Waals surface area contributed by atoms with E-state index in [2.05, 4.69) is 11.8 Å². The molecule has 2 nitrogen and oxygen atoms in total. The summed E-state index contributed by atoms with van der Waals surface area (Å²) in [5, 5.41) is 0. The number of hydrogen-bond donors (Lipinski definition) is 0. The number of carbonyl (C=O) groups is 1.